The van der Waals surface area contributed by atoms with Crippen molar-refractivity contribution in [2.45, 2.75) is 6.54 Å². The third-order valence-corrected chi connectivity index (χ3v) is 5.95. The van der Waals surface area contributed by atoms with Gasteiger partial charge in [0.05, 0.1) is 55.0 Å². The first-order valence-corrected chi connectivity index (χ1v) is 11.3. The number of aryl methyl sites for hydroxylation is 1. The Hall–Kier alpha value is -4.90. The molecule has 178 valence electrons. The van der Waals surface area contributed by atoms with Crippen molar-refractivity contribution in [3.05, 3.63) is 90.4 Å². The fraction of sp³-hybridized carbons (Fsp3) is 0.143. The van der Waals surface area contributed by atoms with Crippen molar-refractivity contribution >= 4 is 22.4 Å². The second kappa shape index (κ2) is 9.76. The van der Waals surface area contributed by atoms with Crippen molar-refractivity contribution in [3.8, 4) is 28.8 Å². The van der Waals surface area contributed by atoms with Crippen LogP contribution in [0.25, 0.3) is 22.3 Å². The van der Waals surface area contributed by atoms with Gasteiger partial charge >= 0.3 is 0 Å². The molecule has 0 radical (unpaired) electrons. The van der Waals surface area contributed by atoms with Crippen molar-refractivity contribution in [2.24, 2.45) is 7.05 Å². The molecule has 0 N–H and O–H groups in total. The van der Waals surface area contributed by atoms with Crippen molar-refractivity contribution in [3.63, 3.8) is 0 Å². The van der Waals surface area contributed by atoms with E-state index in [1.165, 1.54) is 0 Å². The van der Waals surface area contributed by atoms with Gasteiger partial charge in [0.15, 0.2) is 0 Å². The lowest BCUT2D eigenvalue weighted by Gasteiger charge is -2.27. The average Bonchev–Trinajstić information content (AvgIpc) is 3.37. The maximum atomic E-state index is 9.69. The smallest absolute Gasteiger partial charge is 0.124 e. The van der Waals surface area contributed by atoms with Crippen LogP contribution in [0.4, 0.5) is 11.4 Å². The molecule has 0 fully saturated rings. The molecule has 0 saturated heterocycles. The van der Waals surface area contributed by atoms with E-state index < -0.39 is 0 Å². The third kappa shape index (κ3) is 4.55. The number of hydrogen-bond acceptors (Lipinski definition) is 7. The number of benzene rings is 3. The average molecular weight is 477 g/mol. The summed E-state index contributed by atoms with van der Waals surface area (Å²) in [6, 6.07) is 21.6. The van der Waals surface area contributed by atoms with Crippen LogP contribution in [0.15, 0.2) is 79.3 Å². The van der Waals surface area contributed by atoms with Gasteiger partial charge in [0.1, 0.15) is 11.5 Å². The first kappa shape index (κ1) is 22.9. The van der Waals surface area contributed by atoms with E-state index in [9.17, 15) is 5.26 Å². The molecule has 3 aromatic carbocycles. The Morgan fingerprint density at radius 1 is 0.917 bits per heavy atom. The minimum Gasteiger partial charge on any atom is -0.497 e. The van der Waals surface area contributed by atoms with Gasteiger partial charge in [-0.3, -0.25) is 9.67 Å². The Bertz CT molecular complexity index is 1560. The molecule has 0 unspecified atom stereocenters. The predicted octanol–water partition coefficient (Wildman–Crippen LogP) is 5.26. The van der Waals surface area contributed by atoms with Gasteiger partial charge in [0.2, 0.25) is 0 Å². The fourth-order valence-corrected chi connectivity index (χ4v) is 4.08. The molecule has 2 heterocycles. The highest BCUT2D eigenvalue weighted by atomic mass is 16.5. The summed E-state index contributed by atoms with van der Waals surface area (Å²) in [5.41, 5.74) is 6.45. The minimum absolute atomic E-state index is 0.460. The largest absolute Gasteiger partial charge is 0.497 e. The molecule has 0 aliphatic heterocycles. The predicted molar refractivity (Wildman–Crippen MR) is 138 cm³/mol. The maximum absolute atomic E-state index is 9.69. The van der Waals surface area contributed by atoms with Gasteiger partial charge in [-0.2, -0.15) is 10.4 Å². The molecule has 0 atom stereocenters. The quantitative estimate of drug-likeness (QED) is 0.317. The minimum atomic E-state index is 0.460. The number of fused-ring (bicyclic) bond motifs is 1. The molecule has 5 aromatic rings. The van der Waals surface area contributed by atoms with E-state index in [0.717, 1.165) is 39.2 Å². The van der Waals surface area contributed by atoms with E-state index in [2.05, 4.69) is 21.1 Å². The van der Waals surface area contributed by atoms with E-state index in [-0.39, 0.29) is 0 Å². The molecule has 5 rings (SSSR count). The van der Waals surface area contributed by atoms with Gasteiger partial charge in [-0.05, 0) is 29.8 Å². The SMILES string of the molecule is COc1cc(OC)cc(N(Cc2ccccc2C#N)c2ccc3ncc(-c4cnn(C)c4)nc3c2)c1. The lowest BCUT2D eigenvalue weighted by atomic mass is 10.1. The molecule has 8 heteroatoms. The summed E-state index contributed by atoms with van der Waals surface area (Å²) >= 11 is 0. The van der Waals surface area contributed by atoms with Gasteiger partial charge in [0, 0.05) is 54.9 Å². The highest BCUT2D eigenvalue weighted by molar-refractivity contribution is 5.82. The lowest BCUT2D eigenvalue weighted by molar-refractivity contribution is 0.394. The normalized spacial score (nSPS) is 10.7. The molecule has 0 amide bonds. The zero-order valence-corrected chi connectivity index (χ0v) is 20.2. The molecule has 0 spiro atoms. The molecule has 36 heavy (non-hydrogen) atoms. The highest BCUT2D eigenvalue weighted by Crippen LogP contribution is 2.35. The van der Waals surface area contributed by atoms with E-state index in [1.807, 2.05) is 73.9 Å². The lowest BCUT2D eigenvalue weighted by Crippen LogP contribution is -2.17. The number of aromatic nitrogens is 4. The van der Waals surface area contributed by atoms with Crippen molar-refractivity contribution < 1.29 is 9.47 Å². The zero-order valence-electron chi connectivity index (χ0n) is 20.2. The number of anilines is 2. The monoisotopic (exact) mass is 476 g/mol. The molecule has 0 bridgehead atoms. The number of hydrogen-bond donors (Lipinski definition) is 0. The Balaban J connectivity index is 1.65. The summed E-state index contributed by atoms with van der Waals surface area (Å²) in [4.78, 5) is 11.6. The van der Waals surface area contributed by atoms with Crippen molar-refractivity contribution in [1.82, 2.24) is 19.7 Å². The first-order valence-electron chi connectivity index (χ1n) is 11.3. The number of methoxy groups -OCH3 is 2. The van der Waals surface area contributed by atoms with Crippen LogP contribution >= 0.6 is 0 Å². The number of nitrogens with zero attached hydrogens (tertiary/aromatic N) is 6. The fourth-order valence-electron chi connectivity index (χ4n) is 4.08. The van der Waals surface area contributed by atoms with E-state index >= 15 is 0 Å². The van der Waals surface area contributed by atoms with Crippen LogP contribution < -0.4 is 14.4 Å². The maximum Gasteiger partial charge on any atom is 0.124 e. The van der Waals surface area contributed by atoms with Gasteiger partial charge in [-0.1, -0.05) is 18.2 Å². The molecule has 0 aliphatic rings. The summed E-state index contributed by atoms with van der Waals surface area (Å²) in [5.74, 6) is 1.34. The van der Waals surface area contributed by atoms with Crippen LogP contribution in [-0.4, -0.2) is 34.0 Å². The Morgan fingerprint density at radius 2 is 1.69 bits per heavy atom. The van der Waals surface area contributed by atoms with Gasteiger partial charge in [0.25, 0.3) is 0 Å². The van der Waals surface area contributed by atoms with Crippen LogP contribution in [0.2, 0.25) is 0 Å². The van der Waals surface area contributed by atoms with Crippen LogP contribution in [0.3, 0.4) is 0 Å². The molecular formula is C28H24N6O2. The summed E-state index contributed by atoms with van der Waals surface area (Å²) in [6.07, 6.45) is 5.44. The number of nitriles is 1. The second-order valence-electron chi connectivity index (χ2n) is 8.26. The van der Waals surface area contributed by atoms with E-state index in [4.69, 9.17) is 14.5 Å². The van der Waals surface area contributed by atoms with Crippen LogP contribution in [0.5, 0.6) is 11.5 Å². The molecule has 0 aliphatic carbocycles. The molecular weight excluding hydrogens is 452 g/mol. The Kier molecular flexibility index (Phi) is 6.20. The summed E-state index contributed by atoms with van der Waals surface area (Å²) in [6.45, 7) is 0.460. The first-order chi connectivity index (χ1) is 17.6. The van der Waals surface area contributed by atoms with Crippen LogP contribution in [0, 0.1) is 11.3 Å². The number of rotatable bonds is 7. The highest BCUT2D eigenvalue weighted by Gasteiger charge is 2.16. The summed E-state index contributed by atoms with van der Waals surface area (Å²) < 4.78 is 12.8. The number of ether oxygens (including phenoxy) is 2. The van der Waals surface area contributed by atoms with Crippen LogP contribution in [0.1, 0.15) is 11.1 Å². The van der Waals surface area contributed by atoms with Crippen molar-refractivity contribution in [1.29, 1.82) is 5.26 Å². The Labute approximate surface area is 209 Å². The summed E-state index contributed by atoms with van der Waals surface area (Å²) in [7, 11) is 5.12. The zero-order chi connectivity index (χ0) is 25.1. The van der Waals surface area contributed by atoms with Crippen LogP contribution in [-0.2, 0) is 13.6 Å². The van der Waals surface area contributed by atoms with E-state index in [0.29, 0.717) is 23.6 Å². The van der Waals surface area contributed by atoms with Gasteiger partial charge < -0.3 is 14.4 Å². The second-order valence-corrected chi connectivity index (χ2v) is 8.26. The van der Waals surface area contributed by atoms with Crippen molar-refractivity contribution in [2.75, 3.05) is 19.1 Å². The summed E-state index contributed by atoms with van der Waals surface area (Å²) in [5, 5.41) is 13.9. The van der Waals surface area contributed by atoms with Gasteiger partial charge in [-0.15, -0.1) is 0 Å². The van der Waals surface area contributed by atoms with Gasteiger partial charge in [-0.25, -0.2) is 4.98 Å². The third-order valence-electron chi connectivity index (χ3n) is 5.95. The molecule has 8 nitrogen and oxygen atoms in total. The van der Waals surface area contributed by atoms with E-state index in [1.54, 1.807) is 31.3 Å². The molecule has 2 aromatic heterocycles. The standard InChI is InChI=1S/C28H24N6O2/c1-33-17-21(15-31-33)28-16-30-26-9-8-22(12-27(26)32-28)34(18-20-7-5-4-6-19(20)14-29)23-10-24(35-2)13-25(11-23)36-3/h4-13,15-17H,18H2,1-3H3. The Morgan fingerprint density at radius 3 is 2.39 bits per heavy atom. The molecule has 0 saturated carbocycles. The topological polar surface area (TPSA) is 89.1 Å².